The van der Waals surface area contributed by atoms with E-state index in [2.05, 4.69) is 34.6 Å². The van der Waals surface area contributed by atoms with Gasteiger partial charge < -0.3 is 4.74 Å². The summed E-state index contributed by atoms with van der Waals surface area (Å²) >= 11 is 6.24. The molecule has 1 aliphatic rings. The van der Waals surface area contributed by atoms with Gasteiger partial charge in [0, 0.05) is 0 Å². The maximum absolute atomic E-state index is 12.1. The highest BCUT2D eigenvalue weighted by atomic mass is 35.5. The number of hydrogen-bond acceptors (Lipinski definition) is 4. The number of carbonyl (C=O) groups excluding carboxylic acids is 1. The molecule has 0 aliphatic heterocycles. The summed E-state index contributed by atoms with van der Waals surface area (Å²) in [7, 11) is 1.36. The molecular formula is C19H18ClN3O2. The molecule has 1 saturated carbocycles. The van der Waals surface area contributed by atoms with E-state index in [1.165, 1.54) is 25.5 Å². The van der Waals surface area contributed by atoms with Crippen LogP contribution in [0.1, 0.15) is 53.2 Å². The van der Waals surface area contributed by atoms with Crippen molar-refractivity contribution in [1.29, 1.82) is 0 Å². The first-order valence-electron chi connectivity index (χ1n) is 8.31. The number of rotatable bonds is 4. The van der Waals surface area contributed by atoms with Gasteiger partial charge in [0.2, 0.25) is 0 Å². The number of benzene rings is 2. The van der Waals surface area contributed by atoms with Gasteiger partial charge in [-0.15, -0.1) is 5.10 Å². The molecule has 128 valence electrons. The van der Waals surface area contributed by atoms with Crippen LogP contribution in [-0.4, -0.2) is 28.1 Å². The monoisotopic (exact) mass is 355 g/mol. The van der Waals surface area contributed by atoms with Gasteiger partial charge in [-0.25, -0.2) is 9.48 Å². The lowest BCUT2D eigenvalue weighted by Crippen LogP contribution is -2.12. The molecule has 5 nitrogen and oxygen atoms in total. The first-order chi connectivity index (χ1) is 12.1. The number of fused-ring (bicyclic) bond motifs is 1. The Morgan fingerprint density at radius 3 is 2.60 bits per heavy atom. The molecule has 4 rings (SSSR count). The van der Waals surface area contributed by atoms with Crippen LogP contribution in [0.2, 0.25) is 5.02 Å². The van der Waals surface area contributed by atoms with Crippen molar-refractivity contribution in [3.63, 3.8) is 0 Å². The molecule has 1 fully saturated rings. The quantitative estimate of drug-likeness (QED) is 0.652. The van der Waals surface area contributed by atoms with Crippen molar-refractivity contribution in [2.24, 2.45) is 0 Å². The minimum absolute atomic E-state index is 0.0832. The number of methoxy groups -OCH3 is 1. The normalized spacial score (nSPS) is 15.3. The summed E-state index contributed by atoms with van der Waals surface area (Å²) < 4.78 is 6.63. The Bertz CT molecular complexity index is 945. The van der Waals surface area contributed by atoms with Crippen LogP contribution in [-0.2, 0) is 4.74 Å². The number of nitrogens with zero attached hydrogens (tertiary/aromatic N) is 3. The molecule has 0 spiro atoms. The Balaban J connectivity index is 1.79. The number of aromatic nitrogens is 3. The standard InChI is InChI=1S/C19H18ClN3O2/c1-11(12-3-5-13(6-4-12)14-7-8-14)23-18-15(19(24)25-2)9-10-16(20)17(18)21-22-23/h3-6,9-11,14H,7-8H2,1-2H3. The van der Waals surface area contributed by atoms with E-state index in [-0.39, 0.29) is 6.04 Å². The summed E-state index contributed by atoms with van der Waals surface area (Å²) in [5.41, 5.74) is 4.00. The number of carbonyl (C=O) groups is 1. The molecule has 0 bridgehead atoms. The number of ether oxygens (including phenoxy) is 1. The van der Waals surface area contributed by atoms with Gasteiger partial charge in [-0.3, -0.25) is 0 Å². The van der Waals surface area contributed by atoms with Crippen molar-refractivity contribution in [1.82, 2.24) is 15.0 Å². The van der Waals surface area contributed by atoms with Gasteiger partial charge in [0.25, 0.3) is 0 Å². The summed E-state index contributed by atoms with van der Waals surface area (Å²) in [6.07, 6.45) is 2.56. The molecule has 1 atom stereocenters. The average Bonchev–Trinajstić information content (AvgIpc) is 3.40. The number of esters is 1. The van der Waals surface area contributed by atoms with Crippen LogP contribution in [0.15, 0.2) is 36.4 Å². The molecule has 25 heavy (non-hydrogen) atoms. The van der Waals surface area contributed by atoms with Crippen LogP contribution in [0.25, 0.3) is 11.0 Å². The molecule has 1 heterocycles. The van der Waals surface area contributed by atoms with Crippen LogP contribution in [0.4, 0.5) is 0 Å². The van der Waals surface area contributed by atoms with Crippen molar-refractivity contribution in [2.75, 3.05) is 7.11 Å². The van der Waals surface area contributed by atoms with Crippen molar-refractivity contribution < 1.29 is 9.53 Å². The molecule has 6 heteroatoms. The third-order valence-electron chi connectivity index (χ3n) is 4.81. The van der Waals surface area contributed by atoms with Crippen LogP contribution in [0.3, 0.4) is 0 Å². The molecule has 0 N–H and O–H groups in total. The van der Waals surface area contributed by atoms with Gasteiger partial charge in [0.05, 0.1) is 23.7 Å². The first-order valence-corrected chi connectivity index (χ1v) is 8.69. The zero-order valence-corrected chi connectivity index (χ0v) is 14.8. The molecule has 2 aromatic carbocycles. The molecule has 3 aromatic rings. The molecule has 0 amide bonds. The van der Waals surface area contributed by atoms with Crippen molar-refractivity contribution in [3.8, 4) is 0 Å². The second-order valence-corrected chi connectivity index (χ2v) is 6.84. The van der Waals surface area contributed by atoms with Gasteiger partial charge in [0.15, 0.2) is 0 Å². The number of hydrogen-bond donors (Lipinski definition) is 0. The van der Waals surface area contributed by atoms with Crippen LogP contribution < -0.4 is 0 Å². The molecule has 1 unspecified atom stereocenters. The minimum Gasteiger partial charge on any atom is -0.465 e. The van der Waals surface area contributed by atoms with Crippen molar-refractivity contribution in [3.05, 3.63) is 58.1 Å². The second-order valence-electron chi connectivity index (χ2n) is 6.43. The first kappa shape index (κ1) is 16.1. The lowest BCUT2D eigenvalue weighted by molar-refractivity contribution is 0.0602. The van der Waals surface area contributed by atoms with E-state index in [0.717, 1.165) is 11.5 Å². The summed E-state index contributed by atoms with van der Waals surface area (Å²) in [6.45, 7) is 2.03. The molecule has 1 aliphatic carbocycles. The maximum Gasteiger partial charge on any atom is 0.340 e. The fourth-order valence-corrected chi connectivity index (χ4v) is 3.36. The summed E-state index contributed by atoms with van der Waals surface area (Å²) in [5, 5.41) is 8.89. The van der Waals surface area contributed by atoms with E-state index in [9.17, 15) is 4.79 Å². The third-order valence-corrected chi connectivity index (χ3v) is 5.12. The van der Waals surface area contributed by atoms with Gasteiger partial charge in [-0.05, 0) is 48.9 Å². The van der Waals surface area contributed by atoms with Gasteiger partial charge in [-0.1, -0.05) is 41.1 Å². The van der Waals surface area contributed by atoms with Crippen LogP contribution in [0.5, 0.6) is 0 Å². The molecule has 0 saturated heterocycles. The smallest absolute Gasteiger partial charge is 0.340 e. The predicted octanol–water partition coefficient (Wildman–Crippen LogP) is 4.36. The SMILES string of the molecule is COC(=O)c1ccc(Cl)c2nnn(C(C)c3ccc(C4CC4)cc3)c12. The molecule has 1 aromatic heterocycles. The Morgan fingerprint density at radius 2 is 1.96 bits per heavy atom. The Labute approximate surface area is 150 Å². The highest BCUT2D eigenvalue weighted by molar-refractivity contribution is 6.35. The minimum atomic E-state index is -0.429. The Morgan fingerprint density at radius 1 is 1.24 bits per heavy atom. The lowest BCUT2D eigenvalue weighted by atomic mass is 10.0. The summed E-state index contributed by atoms with van der Waals surface area (Å²) in [6, 6.07) is 11.8. The van der Waals surface area contributed by atoms with E-state index in [4.69, 9.17) is 16.3 Å². The summed E-state index contributed by atoms with van der Waals surface area (Å²) in [4.78, 5) is 12.1. The average molecular weight is 356 g/mol. The largest absolute Gasteiger partial charge is 0.465 e. The van der Waals surface area contributed by atoms with Crippen LogP contribution >= 0.6 is 11.6 Å². The zero-order valence-electron chi connectivity index (χ0n) is 14.1. The van der Waals surface area contributed by atoms with Gasteiger partial charge >= 0.3 is 5.97 Å². The van der Waals surface area contributed by atoms with E-state index in [1.807, 2.05) is 6.92 Å². The van der Waals surface area contributed by atoms with Gasteiger partial charge in [-0.2, -0.15) is 0 Å². The highest BCUT2D eigenvalue weighted by Gasteiger charge is 2.24. The lowest BCUT2D eigenvalue weighted by Gasteiger charge is -2.15. The highest BCUT2D eigenvalue weighted by Crippen LogP contribution is 2.40. The summed E-state index contributed by atoms with van der Waals surface area (Å²) in [5.74, 6) is 0.294. The molecular weight excluding hydrogens is 338 g/mol. The second kappa shape index (κ2) is 6.15. The zero-order chi connectivity index (χ0) is 17.6. The Hall–Kier alpha value is -2.40. The van der Waals surface area contributed by atoms with E-state index in [0.29, 0.717) is 21.6 Å². The third kappa shape index (κ3) is 2.78. The topological polar surface area (TPSA) is 57.0 Å². The Kier molecular flexibility index (Phi) is 3.96. The van der Waals surface area contributed by atoms with Crippen LogP contribution in [0, 0.1) is 0 Å². The van der Waals surface area contributed by atoms with Crippen molar-refractivity contribution >= 4 is 28.6 Å². The van der Waals surface area contributed by atoms with E-state index >= 15 is 0 Å². The fourth-order valence-electron chi connectivity index (χ4n) is 3.17. The number of halogens is 1. The van der Waals surface area contributed by atoms with E-state index in [1.54, 1.807) is 16.8 Å². The van der Waals surface area contributed by atoms with E-state index < -0.39 is 5.97 Å². The maximum atomic E-state index is 12.1. The fraction of sp³-hybridized carbons (Fsp3) is 0.316. The predicted molar refractivity (Wildman–Crippen MR) is 96.1 cm³/mol. The molecule has 0 radical (unpaired) electrons. The van der Waals surface area contributed by atoms with Gasteiger partial charge in [0.1, 0.15) is 11.0 Å². The van der Waals surface area contributed by atoms with Crippen molar-refractivity contribution in [2.45, 2.75) is 31.7 Å².